The Morgan fingerprint density at radius 1 is 0.944 bits per heavy atom. The molecular weight excluding hydrogens is 263 g/mol. The van der Waals surface area contributed by atoms with Gasteiger partial charge in [-0.15, -0.1) is 0 Å². The van der Waals surface area contributed by atoms with Crippen molar-refractivity contribution in [2.24, 2.45) is 0 Å². The Morgan fingerprint density at radius 2 is 1.50 bits per heavy atom. The normalized spacial score (nSPS) is 13.8. The minimum atomic E-state index is -2.46. The first-order chi connectivity index (χ1) is 8.74. The Morgan fingerprint density at radius 3 is 2.06 bits per heavy atom. The van der Waals surface area contributed by atoms with Gasteiger partial charge in [-0.05, 0) is 43.0 Å². The molecule has 0 aliphatic rings. The molecule has 0 saturated carbocycles. The summed E-state index contributed by atoms with van der Waals surface area (Å²) in [5.41, 5.74) is 0. The Kier molecular flexibility index (Phi) is 4.54. The summed E-state index contributed by atoms with van der Waals surface area (Å²) < 4.78 is 11.7. The summed E-state index contributed by atoms with van der Waals surface area (Å²) in [4.78, 5) is 0. The summed E-state index contributed by atoms with van der Waals surface area (Å²) in [5, 5.41) is 0.936. The van der Waals surface area contributed by atoms with E-state index in [9.17, 15) is 0 Å². The minimum Gasteiger partial charge on any atom is -0.440 e. The monoisotopic (exact) mass is 278 g/mol. The SMILES string of the molecule is CCOP(=S)(Oc1ccccc1)c1ccccc1. The van der Waals surface area contributed by atoms with Gasteiger partial charge in [0.2, 0.25) is 0 Å². The van der Waals surface area contributed by atoms with Crippen LogP contribution in [-0.2, 0) is 16.3 Å². The summed E-state index contributed by atoms with van der Waals surface area (Å²) in [6.45, 7) is 0.00932. The van der Waals surface area contributed by atoms with Crippen molar-refractivity contribution in [3.05, 3.63) is 60.7 Å². The number of benzene rings is 2. The van der Waals surface area contributed by atoms with E-state index >= 15 is 0 Å². The maximum atomic E-state index is 5.93. The van der Waals surface area contributed by atoms with Crippen molar-refractivity contribution in [2.75, 3.05) is 6.61 Å². The van der Waals surface area contributed by atoms with Crippen LogP contribution in [0.15, 0.2) is 60.7 Å². The van der Waals surface area contributed by atoms with Gasteiger partial charge < -0.3 is 9.05 Å². The first-order valence-electron chi connectivity index (χ1n) is 5.79. The molecule has 0 saturated heterocycles. The summed E-state index contributed by atoms with van der Waals surface area (Å²) >= 11 is 5.62. The maximum absolute atomic E-state index is 5.93. The van der Waals surface area contributed by atoms with Crippen LogP contribution >= 0.6 is 6.49 Å². The van der Waals surface area contributed by atoms with Gasteiger partial charge in [-0.1, -0.05) is 36.4 Å². The molecule has 4 heteroatoms. The molecule has 2 rings (SSSR count). The van der Waals surface area contributed by atoms with Gasteiger partial charge in [0, 0.05) is 5.30 Å². The van der Waals surface area contributed by atoms with Crippen molar-refractivity contribution in [1.29, 1.82) is 0 Å². The average molecular weight is 278 g/mol. The lowest BCUT2D eigenvalue weighted by Crippen LogP contribution is -2.11. The van der Waals surface area contributed by atoms with Crippen LogP contribution in [-0.4, -0.2) is 6.61 Å². The zero-order valence-electron chi connectivity index (χ0n) is 10.2. The molecule has 0 amide bonds. The average Bonchev–Trinajstić information content (AvgIpc) is 2.41. The zero-order valence-corrected chi connectivity index (χ0v) is 11.9. The molecule has 0 heterocycles. The lowest BCUT2D eigenvalue weighted by molar-refractivity contribution is 0.339. The molecular formula is C14H15O2PS. The Balaban J connectivity index is 2.31. The predicted molar refractivity (Wildman–Crippen MR) is 79.1 cm³/mol. The third kappa shape index (κ3) is 3.20. The summed E-state index contributed by atoms with van der Waals surface area (Å²) in [5.74, 6) is 0.748. The fourth-order valence-electron chi connectivity index (χ4n) is 1.55. The summed E-state index contributed by atoms with van der Waals surface area (Å²) in [7, 11) is 0. The van der Waals surface area contributed by atoms with Crippen molar-refractivity contribution >= 4 is 23.6 Å². The second kappa shape index (κ2) is 6.14. The third-order valence-electron chi connectivity index (χ3n) is 2.34. The molecule has 0 fully saturated rings. The number of hydrogen-bond acceptors (Lipinski definition) is 3. The largest absolute Gasteiger partial charge is 0.440 e. The van der Waals surface area contributed by atoms with Gasteiger partial charge >= 0.3 is 0 Å². The van der Waals surface area contributed by atoms with E-state index < -0.39 is 6.49 Å². The van der Waals surface area contributed by atoms with Crippen molar-refractivity contribution in [1.82, 2.24) is 0 Å². The van der Waals surface area contributed by atoms with Gasteiger partial charge in [-0.2, -0.15) is 0 Å². The number of hydrogen-bond donors (Lipinski definition) is 0. The smallest absolute Gasteiger partial charge is 0.269 e. The number of para-hydroxylation sites is 1. The van der Waals surface area contributed by atoms with Crippen LogP contribution < -0.4 is 9.83 Å². The van der Waals surface area contributed by atoms with Gasteiger partial charge in [0.15, 0.2) is 0 Å². The quantitative estimate of drug-likeness (QED) is 0.776. The highest BCUT2D eigenvalue weighted by molar-refractivity contribution is 8.13. The minimum absolute atomic E-state index is 0.541. The third-order valence-corrected chi connectivity index (χ3v) is 5.49. The Labute approximate surface area is 113 Å². The molecule has 0 aromatic heterocycles. The molecule has 2 nitrogen and oxygen atoms in total. The molecule has 94 valence electrons. The molecule has 0 bridgehead atoms. The lowest BCUT2D eigenvalue weighted by atomic mass is 10.3. The highest BCUT2D eigenvalue weighted by Crippen LogP contribution is 2.47. The van der Waals surface area contributed by atoms with Crippen molar-refractivity contribution in [3.63, 3.8) is 0 Å². The molecule has 0 spiro atoms. The van der Waals surface area contributed by atoms with E-state index in [1.165, 1.54) is 0 Å². The Bertz CT molecular complexity index is 528. The predicted octanol–water partition coefficient (Wildman–Crippen LogP) is 3.74. The highest BCUT2D eigenvalue weighted by atomic mass is 32.5. The van der Waals surface area contributed by atoms with Crippen molar-refractivity contribution in [2.45, 2.75) is 6.92 Å². The topological polar surface area (TPSA) is 18.5 Å². The maximum Gasteiger partial charge on any atom is 0.269 e. The second-order valence-corrected chi connectivity index (χ2v) is 7.05. The van der Waals surface area contributed by atoms with E-state index in [1.807, 2.05) is 67.6 Å². The van der Waals surface area contributed by atoms with Crippen LogP contribution in [0.25, 0.3) is 0 Å². The van der Waals surface area contributed by atoms with E-state index in [0.717, 1.165) is 11.1 Å². The highest BCUT2D eigenvalue weighted by Gasteiger charge is 2.22. The molecule has 0 aliphatic carbocycles. The van der Waals surface area contributed by atoms with Crippen LogP contribution in [0.4, 0.5) is 0 Å². The molecule has 0 N–H and O–H groups in total. The van der Waals surface area contributed by atoms with Gasteiger partial charge in [0.05, 0.1) is 6.61 Å². The van der Waals surface area contributed by atoms with Crippen molar-refractivity contribution in [3.8, 4) is 5.75 Å². The standard InChI is InChI=1S/C14H15O2PS/c1-2-15-17(18,14-11-7-4-8-12-14)16-13-9-5-3-6-10-13/h3-12H,2H2,1H3. The first kappa shape index (κ1) is 13.3. The van der Waals surface area contributed by atoms with Crippen LogP contribution in [0.5, 0.6) is 5.75 Å². The van der Waals surface area contributed by atoms with E-state index in [0.29, 0.717) is 6.61 Å². The molecule has 0 radical (unpaired) electrons. The van der Waals surface area contributed by atoms with E-state index in [-0.39, 0.29) is 0 Å². The van der Waals surface area contributed by atoms with E-state index in [4.69, 9.17) is 20.9 Å². The van der Waals surface area contributed by atoms with Crippen LogP contribution in [0.1, 0.15) is 6.92 Å². The Hall–Kier alpha value is -1.15. The number of rotatable bonds is 5. The first-order valence-corrected chi connectivity index (χ1v) is 8.43. The fourth-order valence-corrected chi connectivity index (χ4v) is 4.08. The molecule has 1 atom stereocenters. The summed E-state index contributed by atoms with van der Waals surface area (Å²) in [6.07, 6.45) is 0. The van der Waals surface area contributed by atoms with Gasteiger partial charge in [0.25, 0.3) is 6.49 Å². The zero-order chi connectivity index (χ0) is 12.8. The second-order valence-electron chi connectivity index (χ2n) is 3.66. The molecule has 2 aromatic carbocycles. The van der Waals surface area contributed by atoms with Gasteiger partial charge in [-0.25, -0.2) is 0 Å². The molecule has 0 aliphatic heterocycles. The fraction of sp³-hybridized carbons (Fsp3) is 0.143. The van der Waals surface area contributed by atoms with Gasteiger partial charge in [0.1, 0.15) is 5.75 Å². The summed E-state index contributed by atoms with van der Waals surface area (Å²) in [6, 6.07) is 19.3. The van der Waals surface area contributed by atoms with Crippen molar-refractivity contribution < 1.29 is 9.05 Å². The van der Waals surface area contributed by atoms with Crippen LogP contribution in [0, 0.1) is 0 Å². The molecule has 18 heavy (non-hydrogen) atoms. The van der Waals surface area contributed by atoms with Crippen LogP contribution in [0.3, 0.4) is 0 Å². The van der Waals surface area contributed by atoms with E-state index in [2.05, 4.69) is 0 Å². The molecule has 2 aromatic rings. The molecule has 1 unspecified atom stereocenters. The van der Waals surface area contributed by atoms with E-state index in [1.54, 1.807) is 0 Å². The lowest BCUT2D eigenvalue weighted by Gasteiger charge is -2.22. The van der Waals surface area contributed by atoms with Gasteiger partial charge in [-0.3, -0.25) is 0 Å². The van der Waals surface area contributed by atoms with Crippen LogP contribution in [0.2, 0.25) is 0 Å².